The first-order valence-corrected chi connectivity index (χ1v) is 6.43. The molecule has 3 N–H and O–H groups in total. The van der Waals surface area contributed by atoms with Crippen molar-refractivity contribution in [3.63, 3.8) is 0 Å². The summed E-state index contributed by atoms with van der Waals surface area (Å²) in [6.07, 6.45) is 0. The van der Waals surface area contributed by atoms with Gasteiger partial charge in [0.25, 0.3) is 0 Å². The van der Waals surface area contributed by atoms with E-state index in [9.17, 15) is 0 Å². The molecule has 1 atom stereocenters. The predicted molar refractivity (Wildman–Crippen MR) is 78.2 cm³/mol. The highest BCUT2D eigenvalue weighted by Gasteiger charge is 2.22. The molecule has 94 valence electrons. The number of halogens is 3. The molecule has 0 bridgehead atoms. The summed E-state index contributed by atoms with van der Waals surface area (Å²) in [5.74, 6) is 0. The van der Waals surface area contributed by atoms with Crippen molar-refractivity contribution in [2.45, 2.75) is 26.3 Å². The van der Waals surface area contributed by atoms with Crippen molar-refractivity contribution in [2.75, 3.05) is 11.1 Å². The summed E-state index contributed by atoms with van der Waals surface area (Å²) in [5.41, 5.74) is 7.90. The zero-order chi connectivity index (χ0) is 13.2. The summed E-state index contributed by atoms with van der Waals surface area (Å²) in [6, 6.07) is 1.81. The van der Waals surface area contributed by atoms with E-state index in [2.05, 4.69) is 10.3 Å². The van der Waals surface area contributed by atoms with Gasteiger partial charge < -0.3 is 11.1 Å². The minimum atomic E-state index is -0.555. The van der Waals surface area contributed by atoms with E-state index >= 15 is 0 Å². The van der Waals surface area contributed by atoms with E-state index in [-0.39, 0.29) is 0 Å². The van der Waals surface area contributed by atoms with Gasteiger partial charge in [0.05, 0.1) is 22.1 Å². The molecule has 1 aliphatic rings. The number of nitrogens with one attached hydrogen (secondary N) is 1. The molecular weight excluding hydrogens is 281 g/mol. The van der Waals surface area contributed by atoms with Crippen LogP contribution in [0.25, 0.3) is 0 Å². The van der Waals surface area contributed by atoms with Gasteiger partial charge in [-0.15, -0.1) is 0 Å². The monoisotopic (exact) mass is 293 g/mol. The van der Waals surface area contributed by atoms with Gasteiger partial charge in [-0.3, -0.25) is 0 Å². The maximum atomic E-state index is 6.01. The molecule has 6 heteroatoms. The quantitative estimate of drug-likeness (QED) is 0.420. The molecule has 0 saturated carbocycles. The van der Waals surface area contributed by atoms with Crippen molar-refractivity contribution in [2.24, 2.45) is 4.99 Å². The lowest BCUT2D eigenvalue weighted by atomic mass is 10.1. The van der Waals surface area contributed by atoms with Gasteiger partial charge in [0.15, 0.2) is 5.50 Å². The number of fused-ring (bicyclic) bond motifs is 1. The summed E-state index contributed by atoms with van der Waals surface area (Å²) >= 11 is 17.7. The number of hydrogen-bond acceptors (Lipinski definition) is 3. The molecule has 3 nitrogen and oxygen atoms in total. The second-order valence-electron chi connectivity index (χ2n) is 3.26. The highest BCUT2D eigenvalue weighted by Crippen LogP contribution is 2.42. The Labute approximate surface area is 116 Å². The third-order valence-corrected chi connectivity index (χ3v) is 3.40. The van der Waals surface area contributed by atoms with Crippen LogP contribution >= 0.6 is 34.8 Å². The van der Waals surface area contributed by atoms with E-state index in [1.165, 1.54) is 0 Å². The molecule has 1 aliphatic heterocycles. The van der Waals surface area contributed by atoms with Crippen molar-refractivity contribution in [3.8, 4) is 0 Å². The molecule has 0 aliphatic carbocycles. The fraction of sp³-hybridized carbons (Fsp3) is 0.364. The van der Waals surface area contributed by atoms with Crippen LogP contribution in [0.2, 0.25) is 5.02 Å². The van der Waals surface area contributed by atoms with E-state index in [0.29, 0.717) is 27.3 Å². The van der Waals surface area contributed by atoms with Crippen LogP contribution in [-0.4, -0.2) is 10.7 Å². The van der Waals surface area contributed by atoms with Gasteiger partial charge in [0.2, 0.25) is 0 Å². The topological polar surface area (TPSA) is 50.4 Å². The maximum absolute atomic E-state index is 6.01. The zero-order valence-corrected chi connectivity index (χ0v) is 12.1. The van der Waals surface area contributed by atoms with Crippen LogP contribution in [0.4, 0.5) is 17.1 Å². The van der Waals surface area contributed by atoms with Gasteiger partial charge in [-0.1, -0.05) is 48.7 Å². The molecule has 17 heavy (non-hydrogen) atoms. The summed E-state index contributed by atoms with van der Waals surface area (Å²) in [5, 5.41) is 3.75. The van der Waals surface area contributed by atoms with Crippen LogP contribution in [0.5, 0.6) is 0 Å². The molecule has 1 unspecified atom stereocenters. The lowest BCUT2D eigenvalue weighted by molar-refractivity contribution is 1.25. The Morgan fingerprint density at radius 2 is 1.94 bits per heavy atom. The second kappa shape index (κ2) is 5.80. The van der Waals surface area contributed by atoms with Crippen LogP contribution in [0.3, 0.4) is 0 Å². The SMILES string of the molecule is CC.Cc1cc2c(c(N)c1Cl)NC(Cl)C(Cl)=N2. The van der Waals surface area contributed by atoms with Gasteiger partial charge in [0.1, 0.15) is 5.17 Å². The average Bonchev–Trinajstić information content (AvgIpc) is 2.32. The summed E-state index contributed by atoms with van der Waals surface area (Å²) < 4.78 is 0. The van der Waals surface area contributed by atoms with Crippen molar-refractivity contribution >= 4 is 57.0 Å². The van der Waals surface area contributed by atoms with E-state index < -0.39 is 5.50 Å². The lowest BCUT2D eigenvalue weighted by Crippen LogP contribution is -2.23. The first kappa shape index (κ1) is 14.4. The van der Waals surface area contributed by atoms with Crippen LogP contribution in [0.1, 0.15) is 19.4 Å². The number of alkyl halides is 1. The number of nitrogens with zero attached hydrogens (tertiary/aromatic N) is 1. The summed E-state index contributed by atoms with van der Waals surface area (Å²) in [7, 11) is 0. The number of nitrogens with two attached hydrogens (primary N) is 1. The van der Waals surface area contributed by atoms with Crippen molar-refractivity contribution in [1.82, 2.24) is 0 Å². The highest BCUT2D eigenvalue weighted by atomic mass is 35.5. The molecule has 0 saturated heterocycles. The minimum Gasteiger partial charge on any atom is -0.396 e. The van der Waals surface area contributed by atoms with E-state index in [0.717, 1.165) is 5.56 Å². The number of anilines is 2. The number of hydrogen-bond donors (Lipinski definition) is 2. The molecule has 0 aromatic heterocycles. The van der Waals surface area contributed by atoms with Crippen molar-refractivity contribution in [3.05, 3.63) is 16.7 Å². The molecule has 1 aromatic carbocycles. The second-order valence-corrected chi connectivity index (χ2v) is 4.46. The predicted octanol–water partition coefficient (Wildman–Crippen LogP) is 4.52. The van der Waals surface area contributed by atoms with Gasteiger partial charge in [-0.05, 0) is 18.6 Å². The Kier molecular flexibility index (Phi) is 4.92. The molecule has 0 amide bonds. The normalized spacial score (nSPS) is 17.3. The standard InChI is InChI=1S/C9H8Cl3N3.C2H6/c1-3-2-4-7(6(13)5(3)10)15-9(12)8(11)14-4;1-2/h2,9,15H,13H2,1H3;1-2H3. The van der Waals surface area contributed by atoms with E-state index in [1.807, 2.05) is 26.8 Å². The van der Waals surface area contributed by atoms with Crippen LogP contribution in [0.15, 0.2) is 11.1 Å². The van der Waals surface area contributed by atoms with Gasteiger partial charge in [-0.25, -0.2) is 4.99 Å². The largest absolute Gasteiger partial charge is 0.396 e. The van der Waals surface area contributed by atoms with Gasteiger partial charge >= 0.3 is 0 Å². The number of nitrogen functional groups attached to an aromatic ring is 1. The summed E-state index contributed by atoms with van der Waals surface area (Å²) in [6.45, 7) is 5.86. The fourth-order valence-electron chi connectivity index (χ4n) is 1.40. The zero-order valence-electron chi connectivity index (χ0n) is 9.81. The van der Waals surface area contributed by atoms with Crippen molar-refractivity contribution < 1.29 is 0 Å². The highest BCUT2D eigenvalue weighted by molar-refractivity contribution is 6.71. The molecule has 0 spiro atoms. The fourth-order valence-corrected chi connectivity index (χ4v) is 1.85. The Morgan fingerprint density at radius 1 is 1.35 bits per heavy atom. The minimum absolute atomic E-state index is 0.297. The van der Waals surface area contributed by atoms with Gasteiger partial charge in [-0.2, -0.15) is 0 Å². The molecule has 0 fully saturated rings. The molecule has 1 aromatic rings. The van der Waals surface area contributed by atoms with Crippen molar-refractivity contribution in [1.29, 1.82) is 0 Å². The smallest absolute Gasteiger partial charge is 0.155 e. The first-order chi connectivity index (χ1) is 8.00. The van der Waals surface area contributed by atoms with Crippen LogP contribution < -0.4 is 11.1 Å². The first-order valence-electron chi connectivity index (χ1n) is 5.24. The van der Waals surface area contributed by atoms with Crippen LogP contribution in [-0.2, 0) is 0 Å². The third-order valence-electron chi connectivity index (χ3n) is 2.17. The lowest BCUT2D eigenvalue weighted by Gasteiger charge is -2.22. The number of aryl methyl sites for hydroxylation is 1. The Balaban J connectivity index is 0.000000686. The molecule has 1 heterocycles. The Bertz CT molecular complexity index is 458. The Hall–Kier alpha value is -0.640. The maximum Gasteiger partial charge on any atom is 0.155 e. The number of benzene rings is 1. The molecular formula is C11H14Cl3N3. The number of rotatable bonds is 0. The number of aliphatic imine (C=N–C) groups is 1. The average molecular weight is 295 g/mol. The molecule has 2 rings (SSSR count). The van der Waals surface area contributed by atoms with E-state index in [4.69, 9.17) is 40.5 Å². The van der Waals surface area contributed by atoms with Gasteiger partial charge in [0, 0.05) is 0 Å². The summed E-state index contributed by atoms with van der Waals surface area (Å²) in [4.78, 5) is 4.14. The van der Waals surface area contributed by atoms with Crippen LogP contribution in [0, 0.1) is 6.92 Å². The van der Waals surface area contributed by atoms with E-state index in [1.54, 1.807) is 0 Å². The molecule has 0 radical (unpaired) electrons. The Morgan fingerprint density at radius 3 is 2.53 bits per heavy atom. The third kappa shape index (κ3) is 2.79.